The molecule has 2 aromatic rings. The predicted molar refractivity (Wildman–Crippen MR) is 135 cm³/mol. The van der Waals surface area contributed by atoms with Crippen LogP contribution < -0.4 is 20.9 Å². The van der Waals surface area contributed by atoms with E-state index in [4.69, 9.17) is 4.74 Å². The summed E-state index contributed by atoms with van der Waals surface area (Å²) in [5, 5.41) is 8.91. The van der Waals surface area contributed by atoms with E-state index >= 15 is 0 Å². The van der Waals surface area contributed by atoms with Crippen molar-refractivity contribution in [2.45, 2.75) is 59.5 Å². The molecular weight excluding hydrogens is 432 g/mol. The molecular formula is C26H32N4O4. The molecule has 0 bridgehead atoms. The van der Waals surface area contributed by atoms with E-state index in [1.54, 1.807) is 26.8 Å². The fraction of sp³-hybridized carbons (Fsp3) is 0.346. The standard InChI is InChI=1S/C15H18N2O3.C11H14N2O/c1-9(2)20-14(19)17-12-7-6-10(3)8-11(12)16-13(18)15(17,4)5;1-7-4-5-8-9(6-7)12-10(14)11(2,3)13-8/h6-8H,1H2,2-5H3,(H,16,18);4-6,13H,1-3H3,(H,12,14). The summed E-state index contributed by atoms with van der Waals surface area (Å²) < 4.78 is 5.07. The van der Waals surface area contributed by atoms with Crippen LogP contribution in [0.4, 0.5) is 27.5 Å². The van der Waals surface area contributed by atoms with Gasteiger partial charge in [-0.2, -0.15) is 0 Å². The number of amides is 3. The van der Waals surface area contributed by atoms with E-state index in [1.165, 1.54) is 4.90 Å². The first-order valence-electron chi connectivity index (χ1n) is 11.0. The highest BCUT2D eigenvalue weighted by Gasteiger charge is 2.44. The molecule has 0 fully saturated rings. The highest BCUT2D eigenvalue weighted by atomic mass is 16.6. The van der Waals surface area contributed by atoms with Crippen molar-refractivity contribution in [3.05, 3.63) is 59.9 Å². The number of aryl methyl sites for hydroxylation is 2. The molecule has 0 radical (unpaired) electrons. The highest BCUT2D eigenvalue weighted by molar-refractivity contribution is 6.13. The lowest BCUT2D eigenvalue weighted by Crippen LogP contribution is -2.58. The number of hydrogen-bond acceptors (Lipinski definition) is 5. The molecule has 2 aromatic carbocycles. The zero-order valence-electron chi connectivity index (χ0n) is 20.8. The normalized spacial score (nSPS) is 17.0. The second kappa shape index (κ2) is 8.85. The molecule has 2 aliphatic rings. The van der Waals surface area contributed by atoms with Gasteiger partial charge in [0.15, 0.2) is 0 Å². The Hall–Kier alpha value is -3.81. The summed E-state index contributed by atoms with van der Waals surface area (Å²) in [5.41, 5.74) is 3.66. The first kappa shape index (κ1) is 24.8. The second-order valence-electron chi connectivity index (χ2n) is 9.69. The van der Waals surface area contributed by atoms with Gasteiger partial charge in [-0.05, 0) is 83.9 Å². The first-order valence-corrected chi connectivity index (χ1v) is 11.0. The summed E-state index contributed by atoms with van der Waals surface area (Å²) in [5.74, 6) is 0.0373. The molecule has 0 unspecified atom stereocenters. The quantitative estimate of drug-likeness (QED) is 0.495. The van der Waals surface area contributed by atoms with Gasteiger partial charge in [0.1, 0.15) is 11.1 Å². The Labute approximate surface area is 200 Å². The third kappa shape index (κ3) is 4.90. The van der Waals surface area contributed by atoms with Crippen LogP contribution in [0.15, 0.2) is 48.7 Å². The molecule has 0 saturated heterocycles. The number of carbonyl (C=O) groups excluding carboxylic acids is 3. The number of hydrogen-bond donors (Lipinski definition) is 3. The van der Waals surface area contributed by atoms with Crippen molar-refractivity contribution in [3.63, 3.8) is 0 Å². The SMILES string of the molecule is C=C(C)OC(=O)N1c2ccc(C)cc2NC(=O)C1(C)C.Cc1ccc2c(c1)NC(=O)C(C)(C)N2. The maximum Gasteiger partial charge on any atom is 0.420 e. The number of nitrogens with one attached hydrogen (secondary N) is 3. The Kier molecular flexibility index (Phi) is 6.46. The minimum atomic E-state index is -1.03. The van der Waals surface area contributed by atoms with Gasteiger partial charge in [-0.25, -0.2) is 4.79 Å². The van der Waals surface area contributed by atoms with Crippen LogP contribution in [0.5, 0.6) is 0 Å². The van der Waals surface area contributed by atoms with E-state index in [2.05, 4.69) is 22.5 Å². The zero-order valence-corrected chi connectivity index (χ0v) is 20.8. The minimum absolute atomic E-state index is 0.00981. The molecule has 34 heavy (non-hydrogen) atoms. The van der Waals surface area contributed by atoms with Crippen molar-refractivity contribution in [1.82, 2.24) is 0 Å². The van der Waals surface area contributed by atoms with Gasteiger partial charge in [0.05, 0.1) is 28.5 Å². The van der Waals surface area contributed by atoms with Crippen molar-refractivity contribution >= 4 is 40.7 Å². The summed E-state index contributed by atoms with van der Waals surface area (Å²) in [6.45, 7) is 16.1. The summed E-state index contributed by atoms with van der Waals surface area (Å²) >= 11 is 0. The third-order valence-corrected chi connectivity index (χ3v) is 5.64. The number of fused-ring (bicyclic) bond motifs is 2. The summed E-state index contributed by atoms with van der Waals surface area (Å²) in [7, 11) is 0. The fourth-order valence-corrected chi connectivity index (χ4v) is 3.69. The first-order chi connectivity index (χ1) is 15.7. The molecule has 180 valence electrons. The number of benzene rings is 2. The lowest BCUT2D eigenvalue weighted by molar-refractivity contribution is -0.120. The molecule has 2 heterocycles. The molecule has 0 spiro atoms. The Morgan fingerprint density at radius 3 is 2.06 bits per heavy atom. The van der Waals surface area contributed by atoms with Crippen molar-refractivity contribution in [2.24, 2.45) is 0 Å². The number of anilines is 4. The van der Waals surface area contributed by atoms with Crippen LogP contribution in [-0.2, 0) is 14.3 Å². The third-order valence-electron chi connectivity index (χ3n) is 5.64. The molecule has 3 amide bonds. The molecule has 3 N–H and O–H groups in total. The van der Waals surface area contributed by atoms with Crippen molar-refractivity contribution in [3.8, 4) is 0 Å². The Bertz CT molecular complexity index is 1180. The van der Waals surface area contributed by atoms with Gasteiger partial charge in [0.25, 0.3) is 0 Å². The van der Waals surface area contributed by atoms with E-state index in [9.17, 15) is 14.4 Å². The van der Waals surface area contributed by atoms with E-state index < -0.39 is 17.2 Å². The second-order valence-corrected chi connectivity index (χ2v) is 9.69. The topological polar surface area (TPSA) is 99.8 Å². The fourth-order valence-electron chi connectivity index (χ4n) is 3.69. The summed E-state index contributed by atoms with van der Waals surface area (Å²) in [6, 6.07) is 11.5. The number of nitrogens with zero attached hydrogens (tertiary/aromatic N) is 1. The van der Waals surface area contributed by atoms with Crippen LogP contribution >= 0.6 is 0 Å². The van der Waals surface area contributed by atoms with Crippen molar-refractivity contribution in [1.29, 1.82) is 0 Å². The van der Waals surface area contributed by atoms with Crippen LogP contribution in [-0.4, -0.2) is 29.0 Å². The van der Waals surface area contributed by atoms with E-state index in [1.807, 2.05) is 58.0 Å². The van der Waals surface area contributed by atoms with Gasteiger partial charge in [-0.1, -0.05) is 18.7 Å². The average Bonchev–Trinajstić information content (AvgIpc) is 2.70. The van der Waals surface area contributed by atoms with Crippen LogP contribution in [0.25, 0.3) is 0 Å². The number of allylic oxidation sites excluding steroid dienone is 1. The molecule has 0 atom stereocenters. The van der Waals surface area contributed by atoms with Gasteiger partial charge in [0.2, 0.25) is 11.8 Å². The maximum absolute atomic E-state index is 12.3. The van der Waals surface area contributed by atoms with Gasteiger partial charge >= 0.3 is 6.09 Å². The van der Waals surface area contributed by atoms with Crippen molar-refractivity contribution < 1.29 is 19.1 Å². The molecule has 8 heteroatoms. The number of carbonyl (C=O) groups is 3. The molecule has 4 rings (SSSR count). The lowest BCUT2D eigenvalue weighted by Gasteiger charge is -2.41. The molecule has 0 aliphatic carbocycles. The monoisotopic (exact) mass is 464 g/mol. The highest BCUT2D eigenvalue weighted by Crippen LogP contribution is 2.38. The minimum Gasteiger partial charge on any atom is -0.415 e. The van der Waals surface area contributed by atoms with Crippen molar-refractivity contribution in [2.75, 3.05) is 20.9 Å². The maximum atomic E-state index is 12.3. The van der Waals surface area contributed by atoms with E-state index in [0.717, 1.165) is 22.5 Å². The van der Waals surface area contributed by atoms with Gasteiger partial charge < -0.3 is 20.7 Å². The Balaban J connectivity index is 0.000000202. The van der Waals surface area contributed by atoms with Crippen LogP contribution in [0, 0.1) is 13.8 Å². The van der Waals surface area contributed by atoms with Crippen LogP contribution in [0.2, 0.25) is 0 Å². The van der Waals surface area contributed by atoms with Gasteiger partial charge in [0, 0.05) is 0 Å². The van der Waals surface area contributed by atoms with Gasteiger partial charge in [-0.3, -0.25) is 14.5 Å². The number of ether oxygens (including phenoxy) is 1. The molecule has 0 aromatic heterocycles. The summed E-state index contributed by atoms with van der Waals surface area (Å²) in [6.07, 6.45) is -0.609. The smallest absolute Gasteiger partial charge is 0.415 e. The van der Waals surface area contributed by atoms with E-state index in [-0.39, 0.29) is 17.6 Å². The predicted octanol–water partition coefficient (Wildman–Crippen LogP) is 5.34. The van der Waals surface area contributed by atoms with Gasteiger partial charge in [-0.15, -0.1) is 0 Å². The molecule has 0 saturated carbocycles. The largest absolute Gasteiger partial charge is 0.420 e. The number of rotatable bonds is 1. The Morgan fingerprint density at radius 2 is 1.44 bits per heavy atom. The molecule has 2 aliphatic heterocycles. The summed E-state index contributed by atoms with van der Waals surface area (Å²) in [4.78, 5) is 37.5. The van der Waals surface area contributed by atoms with Crippen LogP contribution in [0.1, 0.15) is 45.7 Å². The zero-order chi connectivity index (χ0) is 25.4. The van der Waals surface area contributed by atoms with E-state index in [0.29, 0.717) is 11.4 Å². The van der Waals surface area contributed by atoms with Crippen LogP contribution in [0.3, 0.4) is 0 Å². The lowest BCUT2D eigenvalue weighted by atomic mass is 9.96. The molecule has 8 nitrogen and oxygen atoms in total. The average molecular weight is 465 g/mol. The Morgan fingerprint density at radius 1 is 0.882 bits per heavy atom.